The summed E-state index contributed by atoms with van der Waals surface area (Å²) in [4.78, 5) is 10.5. The summed E-state index contributed by atoms with van der Waals surface area (Å²) in [5.41, 5.74) is 0. The molecule has 2 fully saturated rings. The van der Waals surface area contributed by atoms with E-state index in [9.17, 15) is 20.1 Å². The van der Waals surface area contributed by atoms with Crippen LogP contribution in [0.5, 0.6) is 0 Å². The first-order valence-corrected chi connectivity index (χ1v) is 9.62. The van der Waals surface area contributed by atoms with Crippen molar-refractivity contribution in [2.45, 2.75) is 83.0 Å². The van der Waals surface area contributed by atoms with E-state index in [1.165, 1.54) is 25.7 Å². The number of ether oxygens (including phenoxy) is 1. The number of carbonyl (C=O) groups excluding carboxylic acids is 1. The van der Waals surface area contributed by atoms with Crippen LogP contribution >= 0.6 is 0 Å². The number of unbranched alkanes of at least 4 members (excludes halogenated alkanes) is 4. The molecule has 0 aromatic carbocycles. The van der Waals surface area contributed by atoms with Gasteiger partial charge in [0.25, 0.3) is 0 Å². The number of hydrogen-bond acceptors (Lipinski definition) is 5. The summed E-state index contributed by atoms with van der Waals surface area (Å²) in [5.74, 6) is -0.154. The van der Waals surface area contributed by atoms with Crippen molar-refractivity contribution in [2.24, 2.45) is 11.8 Å². The Morgan fingerprint density at radius 2 is 2.12 bits per heavy atom. The summed E-state index contributed by atoms with van der Waals surface area (Å²) in [7, 11) is 0. The third-order valence-corrected chi connectivity index (χ3v) is 5.30. The quantitative estimate of drug-likeness (QED) is 0.293. The molecule has 0 amide bonds. The fraction of sp³-hybridized carbons (Fsp3) is 0.750. The minimum atomic E-state index is -1.44. The van der Waals surface area contributed by atoms with Gasteiger partial charge in [0, 0.05) is 24.7 Å². The van der Waals surface area contributed by atoms with Gasteiger partial charge in [0.05, 0.1) is 23.9 Å². The van der Waals surface area contributed by atoms with Crippen molar-refractivity contribution >= 4 is 5.97 Å². The summed E-state index contributed by atoms with van der Waals surface area (Å²) in [6.45, 7) is 2.20. The predicted molar refractivity (Wildman–Crippen MR) is 93.3 cm³/mol. The number of carboxylic acids is 1. The van der Waals surface area contributed by atoms with Crippen LogP contribution in [0.25, 0.3) is 0 Å². The first-order chi connectivity index (χ1) is 12.0. The van der Waals surface area contributed by atoms with E-state index < -0.39 is 12.1 Å². The molecule has 1 saturated heterocycles. The van der Waals surface area contributed by atoms with Crippen LogP contribution in [-0.4, -0.2) is 34.5 Å². The fourth-order valence-electron chi connectivity index (χ4n) is 3.85. The largest absolute Gasteiger partial charge is 1.00 e. The van der Waals surface area contributed by atoms with E-state index in [4.69, 9.17) is 4.74 Å². The molecule has 2 rings (SSSR count). The molecule has 0 radical (unpaired) electrons. The number of aliphatic hydroxyl groups excluding tert-OH is 2. The van der Waals surface area contributed by atoms with Gasteiger partial charge in [-0.3, -0.25) is 0 Å². The number of rotatable bonds is 10. The molecule has 0 aromatic rings. The van der Waals surface area contributed by atoms with Crippen molar-refractivity contribution in [3.05, 3.63) is 24.0 Å². The zero-order valence-corrected chi connectivity index (χ0v) is 18.1. The van der Waals surface area contributed by atoms with E-state index in [2.05, 4.69) is 19.1 Å². The van der Waals surface area contributed by atoms with Gasteiger partial charge < -0.3 is 24.9 Å². The maximum Gasteiger partial charge on any atom is 1.00 e. The average Bonchev–Trinajstić information content (AvgIpc) is 3.08. The minimum Gasteiger partial charge on any atom is -0.547 e. The van der Waals surface area contributed by atoms with Gasteiger partial charge in [-0.1, -0.05) is 38.3 Å². The van der Waals surface area contributed by atoms with Crippen LogP contribution < -0.4 is 34.7 Å². The first-order valence-electron chi connectivity index (χ1n) is 9.62. The fourth-order valence-corrected chi connectivity index (χ4v) is 3.85. The van der Waals surface area contributed by atoms with E-state index in [1.54, 1.807) is 0 Å². The number of aliphatic carboxylic acids is 1. The smallest absolute Gasteiger partial charge is 0.547 e. The zero-order chi connectivity index (χ0) is 18.2. The minimum absolute atomic E-state index is 0. The molecular formula is C20H31NaO5. The zero-order valence-electron chi connectivity index (χ0n) is 16.1. The van der Waals surface area contributed by atoms with E-state index in [-0.39, 0.29) is 54.1 Å². The van der Waals surface area contributed by atoms with Gasteiger partial charge in [0.15, 0.2) is 0 Å². The number of fused-ring (bicyclic) bond motifs is 1. The summed E-state index contributed by atoms with van der Waals surface area (Å²) in [6, 6.07) is 0. The van der Waals surface area contributed by atoms with Crippen molar-refractivity contribution in [3.8, 4) is 0 Å². The summed E-state index contributed by atoms with van der Waals surface area (Å²) < 4.78 is 5.91. The maximum atomic E-state index is 10.5. The van der Waals surface area contributed by atoms with E-state index in [0.29, 0.717) is 18.8 Å². The molecule has 0 bridgehead atoms. The van der Waals surface area contributed by atoms with Crippen LogP contribution in [0.3, 0.4) is 0 Å². The Morgan fingerprint density at radius 1 is 1.35 bits per heavy atom. The molecule has 1 heterocycles. The Morgan fingerprint density at radius 3 is 2.81 bits per heavy atom. The van der Waals surface area contributed by atoms with Crippen LogP contribution in [0.1, 0.15) is 64.7 Å². The molecule has 1 aliphatic heterocycles. The molecule has 2 N–H and O–H groups in total. The number of hydrogen-bond donors (Lipinski definition) is 2. The average molecular weight is 374 g/mol. The molecule has 5 nitrogen and oxygen atoms in total. The van der Waals surface area contributed by atoms with Gasteiger partial charge in [-0.25, -0.2) is 0 Å². The Bertz CT molecular complexity index is 491. The molecule has 26 heavy (non-hydrogen) atoms. The Kier molecular flexibility index (Phi) is 11.1. The topological polar surface area (TPSA) is 89.8 Å². The molecule has 2 aliphatic rings. The molecule has 5 atom stereocenters. The first kappa shape index (κ1) is 23.7. The summed E-state index contributed by atoms with van der Waals surface area (Å²) in [6.07, 6.45) is 12.5. The number of carboxylic acid groups (broad SMARTS) is 1. The molecule has 0 spiro atoms. The van der Waals surface area contributed by atoms with Gasteiger partial charge in [-0.05, 0) is 31.8 Å². The second-order valence-corrected chi connectivity index (χ2v) is 7.26. The molecule has 1 aliphatic carbocycles. The van der Waals surface area contributed by atoms with Gasteiger partial charge in [0.2, 0.25) is 0 Å². The molecule has 1 saturated carbocycles. The van der Waals surface area contributed by atoms with Crippen LogP contribution in [-0.2, 0) is 9.53 Å². The Hall–Kier alpha value is -0.330. The predicted octanol–water partition coefficient (Wildman–Crippen LogP) is -0.922. The third-order valence-electron chi connectivity index (χ3n) is 5.30. The Labute approximate surface area is 178 Å². The van der Waals surface area contributed by atoms with Gasteiger partial charge in [0.1, 0.15) is 6.10 Å². The molecule has 0 aromatic heterocycles. The van der Waals surface area contributed by atoms with E-state index in [1.807, 2.05) is 6.08 Å². The van der Waals surface area contributed by atoms with Crippen LogP contribution in [0.15, 0.2) is 24.0 Å². The Balaban J connectivity index is 0.00000338. The van der Waals surface area contributed by atoms with Crippen molar-refractivity contribution < 1.29 is 54.4 Å². The van der Waals surface area contributed by atoms with E-state index in [0.717, 1.165) is 18.6 Å². The van der Waals surface area contributed by atoms with Gasteiger partial charge >= 0.3 is 29.6 Å². The van der Waals surface area contributed by atoms with Gasteiger partial charge in [-0.15, -0.1) is 0 Å². The third kappa shape index (κ3) is 7.01. The molecule has 142 valence electrons. The van der Waals surface area contributed by atoms with Gasteiger partial charge in [-0.2, -0.15) is 0 Å². The number of aliphatic hydroxyl groups is 2. The summed E-state index contributed by atoms with van der Waals surface area (Å²) >= 11 is 0. The number of allylic oxidation sites excluding steroid dienone is 3. The van der Waals surface area contributed by atoms with Crippen molar-refractivity contribution in [2.75, 3.05) is 0 Å². The van der Waals surface area contributed by atoms with Crippen molar-refractivity contribution in [1.82, 2.24) is 0 Å². The van der Waals surface area contributed by atoms with Crippen molar-refractivity contribution in [1.29, 1.82) is 0 Å². The maximum absolute atomic E-state index is 10.5. The van der Waals surface area contributed by atoms with Crippen LogP contribution in [0, 0.1) is 11.8 Å². The van der Waals surface area contributed by atoms with Crippen molar-refractivity contribution in [3.63, 3.8) is 0 Å². The SMILES string of the molecule is CCCCCC/C=C/[C@@H]1[C@H]2C/C(=C/CCC(O)C(=O)[O-])O[C@H]2C[C@H]1O.[Na+]. The monoisotopic (exact) mass is 374 g/mol. The normalized spacial score (nSPS) is 30.2. The van der Waals surface area contributed by atoms with E-state index >= 15 is 0 Å². The second-order valence-electron chi connectivity index (χ2n) is 7.26. The molecule has 1 unspecified atom stereocenters. The van der Waals surface area contributed by atoms with Crippen LogP contribution in [0.4, 0.5) is 0 Å². The number of carbonyl (C=O) groups is 1. The molecular weight excluding hydrogens is 343 g/mol. The standard InChI is InChI=1S/C20H32O5.Na/c1-2-3-4-5-6-7-10-15-16-12-14(25-19(16)13-18(15)22)9-8-11-17(21)20(23)24;/h7,9-10,15-19,21-22H,2-6,8,11-13H2,1H3,(H,23,24);/q;+1/p-1/b10-7+,14-9-;/t15-,16-,17?,18-,19+;/m1./s1. The summed E-state index contributed by atoms with van der Waals surface area (Å²) in [5, 5.41) is 30.0. The molecule has 6 heteroatoms. The van der Waals surface area contributed by atoms with Crippen LogP contribution in [0.2, 0.25) is 0 Å². The second kappa shape index (κ2) is 12.2.